The minimum atomic E-state index is -0.632. The van der Waals surface area contributed by atoms with E-state index in [-0.39, 0.29) is 5.97 Å². The molecule has 0 fully saturated rings. The largest absolute Gasteiger partial charge is 0.489 e. The molecule has 1 atom stereocenters. The molecule has 0 aliphatic carbocycles. The van der Waals surface area contributed by atoms with Gasteiger partial charge in [0.15, 0.2) is 17.6 Å². The number of carbonyl (C=O) groups excluding carboxylic acids is 1. The van der Waals surface area contributed by atoms with Gasteiger partial charge in [-0.3, -0.25) is 0 Å². The second-order valence-corrected chi connectivity index (χ2v) is 8.76. The van der Waals surface area contributed by atoms with Gasteiger partial charge in [-0.25, -0.2) is 9.78 Å². The summed E-state index contributed by atoms with van der Waals surface area (Å²) in [7, 11) is 0. The molecule has 0 N–H and O–H groups in total. The van der Waals surface area contributed by atoms with Gasteiger partial charge in [0.1, 0.15) is 11.6 Å². The Balaban J connectivity index is 1.46. The minimum Gasteiger partial charge on any atom is -0.489 e. The van der Waals surface area contributed by atoms with Crippen molar-refractivity contribution in [2.45, 2.75) is 39.4 Å². The van der Waals surface area contributed by atoms with Gasteiger partial charge in [0.2, 0.25) is 0 Å². The number of thiazole rings is 1. The number of aromatic nitrogens is 1. The maximum atomic E-state index is 12.3. The number of esters is 1. The van der Waals surface area contributed by atoms with E-state index in [0.29, 0.717) is 43.6 Å². The number of halogens is 1. The van der Waals surface area contributed by atoms with Gasteiger partial charge < -0.3 is 18.9 Å². The lowest BCUT2D eigenvalue weighted by Gasteiger charge is -2.18. The van der Waals surface area contributed by atoms with Gasteiger partial charge in [-0.15, -0.1) is 11.3 Å². The van der Waals surface area contributed by atoms with Crippen molar-refractivity contribution in [2.75, 3.05) is 19.8 Å². The molecule has 0 bridgehead atoms. The highest BCUT2D eigenvalue weighted by atomic mass is 35.5. The SMILES string of the molecule is CCOC(=O)C(Cc1ccc(OCc2csc(-c3ccc(Cl)cc3)n2)c2c1CCO2)OCC. The molecule has 2 heterocycles. The van der Waals surface area contributed by atoms with E-state index >= 15 is 0 Å². The van der Waals surface area contributed by atoms with Gasteiger partial charge in [-0.1, -0.05) is 29.8 Å². The van der Waals surface area contributed by atoms with Gasteiger partial charge >= 0.3 is 5.97 Å². The number of ether oxygens (including phenoxy) is 4. The highest BCUT2D eigenvalue weighted by Gasteiger charge is 2.26. The number of fused-ring (bicyclic) bond motifs is 1. The molecule has 0 saturated heterocycles. The Morgan fingerprint density at radius 2 is 2.00 bits per heavy atom. The number of carbonyl (C=O) groups is 1. The van der Waals surface area contributed by atoms with E-state index in [4.69, 9.17) is 30.5 Å². The standard InChI is InChI=1S/C25H26ClNO5S/c1-3-29-22(25(28)30-4-2)13-17-7-10-21(23-20(17)11-12-31-23)32-14-19-15-33-24(27-19)16-5-8-18(26)9-6-16/h5-10,15,22H,3-4,11-14H2,1-2H3. The first-order valence-corrected chi connectivity index (χ1v) is 12.2. The lowest BCUT2D eigenvalue weighted by Crippen LogP contribution is -2.29. The molecule has 1 aliphatic rings. The fraction of sp³-hybridized carbons (Fsp3) is 0.360. The number of benzene rings is 2. The average Bonchev–Trinajstić information content (AvgIpc) is 3.49. The van der Waals surface area contributed by atoms with Gasteiger partial charge in [-0.05, 0) is 37.6 Å². The lowest BCUT2D eigenvalue weighted by molar-refractivity contribution is -0.156. The molecular formula is C25H26ClNO5S. The fourth-order valence-corrected chi connectivity index (χ4v) is 4.67. The number of hydrogen-bond donors (Lipinski definition) is 0. The molecule has 1 unspecified atom stereocenters. The van der Waals surface area contributed by atoms with Crippen LogP contribution in [0.2, 0.25) is 5.02 Å². The van der Waals surface area contributed by atoms with Crippen LogP contribution >= 0.6 is 22.9 Å². The molecule has 0 radical (unpaired) electrons. The van der Waals surface area contributed by atoms with Crippen LogP contribution in [0, 0.1) is 0 Å². The minimum absolute atomic E-state index is 0.326. The van der Waals surface area contributed by atoms with Crippen molar-refractivity contribution in [1.82, 2.24) is 4.98 Å². The topological polar surface area (TPSA) is 66.9 Å². The predicted octanol–water partition coefficient (Wildman–Crippen LogP) is 5.49. The highest BCUT2D eigenvalue weighted by Crippen LogP contribution is 2.39. The number of rotatable bonds is 10. The first-order chi connectivity index (χ1) is 16.1. The summed E-state index contributed by atoms with van der Waals surface area (Å²) < 4.78 is 22.8. The molecule has 174 valence electrons. The summed E-state index contributed by atoms with van der Waals surface area (Å²) in [5.74, 6) is 1.07. The summed E-state index contributed by atoms with van der Waals surface area (Å²) >= 11 is 7.54. The summed E-state index contributed by atoms with van der Waals surface area (Å²) in [6.45, 7) is 5.34. The molecule has 33 heavy (non-hydrogen) atoms. The highest BCUT2D eigenvalue weighted by molar-refractivity contribution is 7.13. The summed E-state index contributed by atoms with van der Waals surface area (Å²) in [5.41, 5.74) is 3.94. The van der Waals surface area contributed by atoms with Crippen LogP contribution < -0.4 is 9.47 Å². The van der Waals surface area contributed by atoms with E-state index in [1.165, 1.54) is 0 Å². The van der Waals surface area contributed by atoms with Crippen molar-refractivity contribution >= 4 is 28.9 Å². The van der Waals surface area contributed by atoms with Gasteiger partial charge in [-0.2, -0.15) is 0 Å². The van der Waals surface area contributed by atoms with Crippen molar-refractivity contribution < 1.29 is 23.7 Å². The maximum Gasteiger partial charge on any atom is 0.335 e. The molecule has 0 spiro atoms. The molecule has 3 aromatic rings. The van der Waals surface area contributed by atoms with Gasteiger partial charge in [0, 0.05) is 41.0 Å². The average molecular weight is 488 g/mol. The Kier molecular flexibility index (Phi) is 7.85. The van der Waals surface area contributed by atoms with E-state index in [1.54, 1.807) is 18.3 Å². The van der Waals surface area contributed by atoms with Crippen LogP contribution in [-0.2, 0) is 33.7 Å². The van der Waals surface area contributed by atoms with Crippen molar-refractivity contribution in [2.24, 2.45) is 0 Å². The Morgan fingerprint density at radius 3 is 2.76 bits per heavy atom. The zero-order valence-corrected chi connectivity index (χ0v) is 20.2. The molecule has 6 nitrogen and oxygen atoms in total. The third-order valence-corrected chi connectivity index (χ3v) is 6.45. The van der Waals surface area contributed by atoms with Crippen LogP contribution in [0.1, 0.15) is 30.7 Å². The lowest BCUT2D eigenvalue weighted by atomic mass is 9.99. The predicted molar refractivity (Wildman–Crippen MR) is 128 cm³/mol. The number of nitrogens with zero attached hydrogens (tertiary/aromatic N) is 1. The van der Waals surface area contributed by atoms with Crippen molar-refractivity contribution in [3.8, 4) is 22.1 Å². The van der Waals surface area contributed by atoms with E-state index in [0.717, 1.165) is 39.6 Å². The van der Waals surface area contributed by atoms with Gasteiger partial charge in [0.05, 0.1) is 18.9 Å². The normalized spacial score (nSPS) is 13.3. The zero-order chi connectivity index (χ0) is 23.2. The third-order valence-electron chi connectivity index (χ3n) is 5.26. The van der Waals surface area contributed by atoms with Crippen LogP contribution in [0.5, 0.6) is 11.5 Å². The molecule has 0 amide bonds. The van der Waals surface area contributed by atoms with Crippen LogP contribution in [0.25, 0.3) is 10.6 Å². The summed E-state index contributed by atoms with van der Waals surface area (Å²) in [6.07, 6.45) is 0.573. The van der Waals surface area contributed by atoms with Crippen molar-refractivity contribution in [3.05, 3.63) is 63.6 Å². The van der Waals surface area contributed by atoms with Crippen molar-refractivity contribution in [1.29, 1.82) is 0 Å². The quantitative estimate of drug-likeness (QED) is 0.352. The molecule has 1 aromatic heterocycles. The first kappa shape index (κ1) is 23.5. The number of hydrogen-bond acceptors (Lipinski definition) is 7. The smallest absolute Gasteiger partial charge is 0.335 e. The van der Waals surface area contributed by atoms with Gasteiger partial charge in [0.25, 0.3) is 0 Å². The van der Waals surface area contributed by atoms with Crippen molar-refractivity contribution in [3.63, 3.8) is 0 Å². The van der Waals surface area contributed by atoms with Crippen LogP contribution in [0.4, 0.5) is 0 Å². The molecule has 1 aliphatic heterocycles. The van der Waals surface area contributed by atoms with E-state index in [9.17, 15) is 4.79 Å². The molecule has 0 saturated carbocycles. The Bertz CT molecular complexity index is 1100. The Morgan fingerprint density at radius 1 is 1.18 bits per heavy atom. The monoisotopic (exact) mass is 487 g/mol. The van der Waals surface area contributed by atoms with E-state index < -0.39 is 6.10 Å². The molecular weight excluding hydrogens is 462 g/mol. The van der Waals surface area contributed by atoms with Crippen LogP contribution in [0.15, 0.2) is 41.8 Å². The molecule has 4 rings (SSSR count). The fourth-order valence-electron chi connectivity index (χ4n) is 3.74. The second kappa shape index (κ2) is 11.0. The van der Waals surface area contributed by atoms with Crippen LogP contribution in [0.3, 0.4) is 0 Å². The second-order valence-electron chi connectivity index (χ2n) is 7.47. The molecule has 2 aromatic carbocycles. The third kappa shape index (κ3) is 5.66. The van der Waals surface area contributed by atoms with E-state index in [1.807, 2.05) is 48.7 Å². The Hall–Kier alpha value is -2.61. The van der Waals surface area contributed by atoms with Crippen LogP contribution in [-0.4, -0.2) is 36.9 Å². The summed E-state index contributed by atoms with van der Waals surface area (Å²) in [5, 5.41) is 3.61. The maximum absolute atomic E-state index is 12.3. The summed E-state index contributed by atoms with van der Waals surface area (Å²) in [6, 6.07) is 11.5. The molecule has 8 heteroatoms. The summed E-state index contributed by atoms with van der Waals surface area (Å²) in [4.78, 5) is 16.9. The Labute approximate surface area is 202 Å². The first-order valence-electron chi connectivity index (χ1n) is 11.0. The van der Waals surface area contributed by atoms with E-state index in [2.05, 4.69) is 4.98 Å². The zero-order valence-electron chi connectivity index (χ0n) is 18.6.